The van der Waals surface area contributed by atoms with Crippen LogP contribution in [0.4, 0.5) is 5.69 Å². The van der Waals surface area contributed by atoms with Crippen LogP contribution < -0.4 is 5.32 Å². The van der Waals surface area contributed by atoms with Crippen LogP contribution >= 0.6 is 0 Å². The molecule has 1 aromatic carbocycles. The molecule has 0 fully saturated rings. The zero-order chi connectivity index (χ0) is 12.1. The summed E-state index contributed by atoms with van der Waals surface area (Å²) in [5.41, 5.74) is 5.24. The third kappa shape index (κ3) is 3.53. The monoisotopic (exact) mass is 221 g/mol. The molecule has 1 atom stereocenters. The second-order valence-corrected chi connectivity index (χ2v) is 4.60. The molecule has 1 N–H and O–H groups in total. The minimum Gasteiger partial charge on any atom is -0.385 e. The van der Waals surface area contributed by atoms with Gasteiger partial charge in [-0.2, -0.15) is 0 Å². The molecule has 2 nitrogen and oxygen atoms in total. The summed E-state index contributed by atoms with van der Waals surface area (Å²) in [6, 6.07) is 4.89. The first-order valence-electron chi connectivity index (χ1n) is 5.88. The maximum absolute atomic E-state index is 5.09. The number of anilines is 1. The van der Waals surface area contributed by atoms with Crippen LogP contribution in [0.25, 0.3) is 0 Å². The Hall–Kier alpha value is -1.02. The lowest BCUT2D eigenvalue weighted by Crippen LogP contribution is -2.18. The lowest BCUT2D eigenvalue weighted by Gasteiger charge is -2.19. The van der Waals surface area contributed by atoms with Gasteiger partial charge in [-0.05, 0) is 45.2 Å². The maximum atomic E-state index is 5.09. The molecule has 0 saturated carbocycles. The molecule has 0 aliphatic carbocycles. The molecule has 0 aliphatic heterocycles. The molecule has 1 aromatic rings. The van der Waals surface area contributed by atoms with Gasteiger partial charge in [-0.3, -0.25) is 0 Å². The van der Waals surface area contributed by atoms with Crippen molar-refractivity contribution in [2.24, 2.45) is 0 Å². The van der Waals surface area contributed by atoms with Crippen molar-refractivity contribution in [1.29, 1.82) is 0 Å². The molecule has 0 aliphatic rings. The third-order valence-corrected chi connectivity index (χ3v) is 2.82. The molecule has 0 saturated heterocycles. The van der Waals surface area contributed by atoms with E-state index >= 15 is 0 Å². The normalized spacial score (nSPS) is 12.6. The summed E-state index contributed by atoms with van der Waals surface area (Å²) in [4.78, 5) is 0. The fraction of sp³-hybridized carbons (Fsp3) is 0.571. The molecule has 0 spiro atoms. The molecule has 2 heteroatoms. The standard InChI is InChI=1S/C14H23NO/c1-10-8-11(2)14(12(3)9-10)15-13(4)6-7-16-5/h8-9,13,15H,6-7H2,1-5H3. The van der Waals surface area contributed by atoms with Crippen LogP contribution in [-0.4, -0.2) is 19.8 Å². The smallest absolute Gasteiger partial charge is 0.0481 e. The summed E-state index contributed by atoms with van der Waals surface area (Å²) in [7, 11) is 1.75. The molecular formula is C14H23NO. The van der Waals surface area contributed by atoms with Gasteiger partial charge in [-0.15, -0.1) is 0 Å². The van der Waals surface area contributed by atoms with Crippen molar-refractivity contribution in [3.05, 3.63) is 28.8 Å². The first kappa shape index (κ1) is 13.0. The van der Waals surface area contributed by atoms with Crippen molar-refractivity contribution >= 4 is 5.69 Å². The molecule has 1 unspecified atom stereocenters. The number of hydrogen-bond donors (Lipinski definition) is 1. The van der Waals surface area contributed by atoms with Gasteiger partial charge in [0, 0.05) is 25.4 Å². The third-order valence-electron chi connectivity index (χ3n) is 2.82. The highest BCUT2D eigenvalue weighted by Crippen LogP contribution is 2.23. The molecule has 1 rings (SSSR count). The lowest BCUT2D eigenvalue weighted by molar-refractivity contribution is 0.191. The van der Waals surface area contributed by atoms with Gasteiger partial charge in [0.1, 0.15) is 0 Å². The van der Waals surface area contributed by atoms with Crippen LogP contribution in [-0.2, 0) is 4.74 Å². The van der Waals surface area contributed by atoms with Crippen molar-refractivity contribution in [2.75, 3.05) is 19.0 Å². The Morgan fingerprint density at radius 2 is 1.75 bits per heavy atom. The Morgan fingerprint density at radius 1 is 1.19 bits per heavy atom. The van der Waals surface area contributed by atoms with E-state index < -0.39 is 0 Å². The first-order chi connectivity index (χ1) is 7.54. The Labute approximate surface area is 99.0 Å². The number of benzene rings is 1. The SMILES string of the molecule is COCCC(C)Nc1c(C)cc(C)cc1C. The van der Waals surface area contributed by atoms with Gasteiger partial charge in [0.25, 0.3) is 0 Å². The van der Waals surface area contributed by atoms with E-state index in [9.17, 15) is 0 Å². The zero-order valence-corrected chi connectivity index (χ0v) is 11.1. The van der Waals surface area contributed by atoms with Crippen LogP contribution in [0, 0.1) is 20.8 Å². The number of methoxy groups -OCH3 is 1. The predicted octanol–water partition coefficient (Wildman–Crippen LogP) is 3.45. The van der Waals surface area contributed by atoms with E-state index in [4.69, 9.17) is 4.74 Å². The van der Waals surface area contributed by atoms with E-state index in [2.05, 4.69) is 45.1 Å². The minimum atomic E-state index is 0.444. The molecule has 0 heterocycles. The van der Waals surface area contributed by atoms with Crippen LogP contribution in [0.2, 0.25) is 0 Å². The number of ether oxygens (including phenoxy) is 1. The van der Waals surface area contributed by atoms with Gasteiger partial charge in [-0.25, -0.2) is 0 Å². The van der Waals surface area contributed by atoms with Crippen molar-refractivity contribution in [1.82, 2.24) is 0 Å². The van der Waals surface area contributed by atoms with Crippen LogP contribution in [0.3, 0.4) is 0 Å². The van der Waals surface area contributed by atoms with Crippen molar-refractivity contribution in [3.63, 3.8) is 0 Å². The van der Waals surface area contributed by atoms with Crippen molar-refractivity contribution < 1.29 is 4.74 Å². The Bertz CT molecular complexity index is 324. The van der Waals surface area contributed by atoms with Gasteiger partial charge in [0.05, 0.1) is 0 Å². The fourth-order valence-electron chi connectivity index (χ4n) is 2.02. The van der Waals surface area contributed by atoms with E-state index in [1.807, 2.05) is 0 Å². The molecule has 90 valence electrons. The number of aryl methyl sites for hydroxylation is 3. The minimum absolute atomic E-state index is 0.444. The number of nitrogens with one attached hydrogen (secondary N) is 1. The van der Waals surface area contributed by atoms with E-state index in [1.54, 1.807) is 7.11 Å². The highest BCUT2D eigenvalue weighted by Gasteiger charge is 2.07. The first-order valence-corrected chi connectivity index (χ1v) is 5.88. The number of rotatable bonds is 5. The second kappa shape index (κ2) is 5.90. The van der Waals surface area contributed by atoms with E-state index in [0.29, 0.717) is 6.04 Å². The molecule has 0 aromatic heterocycles. The van der Waals surface area contributed by atoms with Crippen molar-refractivity contribution in [2.45, 2.75) is 40.2 Å². The van der Waals surface area contributed by atoms with E-state index in [1.165, 1.54) is 22.4 Å². The van der Waals surface area contributed by atoms with Crippen LogP contribution in [0.5, 0.6) is 0 Å². The van der Waals surface area contributed by atoms with Gasteiger partial charge in [0.15, 0.2) is 0 Å². The molecular weight excluding hydrogens is 198 g/mol. The second-order valence-electron chi connectivity index (χ2n) is 4.60. The summed E-state index contributed by atoms with van der Waals surface area (Å²) in [5, 5.41) is 3.56. The molecule has 0 radical (unpaired) electrons. The zero-order valence-electron chi connectivity index (χ0n) is 11.1. The summed E-state index contributed by atoms with van der Waals surface area (Å²) < 4.78 is 5.09. The van der Waals surface area contributed by atoms with Crippen LogP contribution in [0.1, 0.15) is 30.0 Å². The highest BCUT2D eigenvalue weighted by molar-refractivity contribution is 5.58. The maximum Gasteiger partial charge on any atom is 0.0481 e. The van der Waals surface area contributed by atoms with E-state index in [0.717, 1.165) is 13.0 Å². The van der Waals surface area contributed by atoms with Crippen molar-refractivity contribution in [3.8, 4) is 0 Å². The topological polar surface area (TPSA) is 21.3 Å². The fourth-order valence-corrected chi connectivity index (χ4v) is 2.02. The van der Waals surface area contributed by atoms with Crippen LogP contribution in [0.15, 0.2) is 12.1 Å². The Kier molecular flexibility index (Phi) is 4.81. The molecule has 0 bridgehead atoms. The summed E-state index contributed by atoms with van der Waals surface area (Å²) in [6.45, 7) is 9.45. The number of hydrogen-bond acceptors (Lipinski definition) is 2. The molecule has 16 heavy (non-hydrogen) atoms. The average Bonchev–Trinajstić information content (AvgIpc) is 2.20. The van der Waals surface area contributed by atoms with Gasteiger partial charge < -0.3 is 10.1 Å². The largest absolute Gasteiger partial charge is 0.385 e. The average molecular weight is 221 g/mol. The highest BCUT2D eigenvalue weighted by atomic mass is 16.5. The van der Waals surface area contributed by atoms with Gasteiger partial charge in [0.2, 0.25) is 0 Å². The van der Waals surface area contributed by atoms with Gasteiger partial charge in [-0.1, -0.05) is 17.7 Å². The van der Waals surface area contributed by atoms with E-state index in [-0.39, 0.29) is 0 Å². The summed E-state index contributed by atoms with van der Waals surface area (Å²) in [5.74, 6) is 0. The quantitative estimate of drug-likeness (QED) is 0.822. The molecule has 0 amide bonds. The van der Waals surface area contributed by atoms with Gasteiger partial charge >= 0.3 is 0 Å². The predicted molar refractivity (Wildman–Crippen MR) is 70.2 cm³/mol. The summed E-state index contributed by atoms with van der Waals surface area (Å²) >= 11 is 0. The summed E-state index contributed by atoms with van der Waals surface area (Å²) in [6.07, 6.45) is 1.03. The Balaban J connectivity index is 2.73. The lowest BCUT2D eigenvalue weighted by atomic mass is 10.0. The Morgan fingerprint density at radius 3 is 2.25 bits per heavy atom.